The van der Waals surface area contributed by atoms with Crippen molar-refractivity contribution in [3.8, 4) is 17.2 Å². The first kappa shape index (κ1) is 20.9. The molecule has 27 heavy (non-hydrogen) atoms. The summed E-state index contributed by atoms with van der Waals surface area (Å²) in [5.41, 5.74) is 6.01. The minimum Gasteiger partial charge on any atom is -0.493 e. The molecular weight excluding hydrogens is 364 g/mol. The molecule has 0 saturated carbocycles. The number of hydrogen-bond donors (Lipinski definition) is 2. The minimum atomic E-state index is -0.377. The van der Waals surface area contributed by atoms with Crippen LogP contribution in [0, 0.1) is 0 Å². The third-order valence-corrected chi connectivity index (χ3v) is 4.46. The van der Waals surface area contributed by atoms with Crippen molar-refractivity contribution < 1.29 is 19.0 Å². The van der Waals surface area contributed by atoms with Gasteiger partial charge >= 0.3 is 0 Å². The molecule has 146 valence electrons. The number of thioether (sulfide) groups is 1. The standard InChI is InChI=1S/C20H26N2O4S/c1-24-19-12-15(13-20(21)23)6-7-18(19)26-11-9-22-8-10-25-16-4-3-5-17(14-16)27-2/h3-7,12,14,22H,8-11,13H2,1-2H3,(H2,21,23). The summed E-state index contributed by atoms with van der Waals surface area (Å²) < 4.78 is 16.8. The average Bonchev–Trinajstić information content (AvgIpc) is 2.67. The van der Waals surface area contributed by atoms with Crippen molar-refractivity contribution in [3.05, 3.63) is 48.0 Å². The van der Waals surface area contributed by atoms with Gasteiger partial charge in [-0.2, -0.15) is 0 Å². The maximum atomic E-state index is 11.0. The summed E-state index contributed by atoms with van der Waals surface area (Å²) in [5.74, 6) is 1.72. The van der Waals surface area contributed by atoms with Crippen LogP contribution in [0.15, 0.2) is 47.4 Å². The van der Waals surface area contributed by atoms with E-state index in [4.69, 9.17) is 19.9 Å². The van der Waals surface area contributed by atoms with Gasteiger partial charge < -0.3 is 25.3 Å². The quantitative estimate of drug-likeness (QED) is 0.428. The molecule has 0 unspecified atom stereocenters. The van der Waals surface area contributed by atoms with Crippen LogP contribution in [0.4, 0.5) is 0 Å². The lowest BCUT2D eigenvalue weighted by molar-refractivity contribution is -0.117. The van der Waals surface area contributed by atoms with Crippen LogP contribution in [0.3, 0.4) is 0 Å². The summed E-state index contributed by atoms with van der Waals surface area (Å²) >= 11 is 1.69. The zero-order valence-electron chi connectivity index (χ0n) is 15.7. The van der Waals surface area contributed by atoms with E-state index in [2.05, 4.69) is 11.4 Å². The van der Waals surface area contributed by atoms with E-state index in [1.54, 1.807) is 31.0 Å². The molecule has 6 nitrogen and oxygen atoms in total. The van der Waals surface area contributed by atoms with E-state index >= 15 is 0 Å². The lowest BCUT2D eigenvalue weighted by Crippen LogP contribution is -2.26. The lowest BCUT2D eigenvalue weighted by atomic mass is 10.1. The van der Waals surface area contributed by atoms with Crippen LogP contribution in [-0.2, 0) is 11.2 Å². The zero-order chi connectivity index (χ0) is 19.5. The molecule has 0 aliphatic heterocycles. The maximum absolute atomic E-state index is 11.0. The largest absolute Gasteiger partial charge is 0.493 e. The highest BCUT2D eigenvalue weighted by Gasteiger charge is 2.07. The van der Waals surface area contributed by atoms with Crippen molar-refractivity contribution in [1.82, 2.24) is 5.32 Å². The molecule has 0 radical (unpaired) electrons. The van der Waals surface area contributed by atoms with Crippen LogP contribution in [0.2, 0.25) is 0 Å². The first-order valence-electron chi connectivity index (χ1n) is 8.68. The highest BCUT2D eigenvalue weighted by molar-refractivity contribution is 7.98. The highest BCUT2D eigenvalue weighted by Crippen LogP contribution is 2.28. The molecule has 0 bridgehead atoms. The van der Waals surface area contributed by atoms with Gasteiger partial charge in [0.05, 0.1) is 13.5 Å². The van der Waals surface area contributed by atoms with E-state index in [0.29, 0.717) is 31.3 Å². The summed E-state index contributed by atoms with van der Waals surface area (Å²) in [6, 6.07) is 13.4. The predicted molar refractivity (Wildman–Crippen MR) is 108 cm³/mol. The molecule has 0 aliphatic rings. The van der Waals surface area contributed by atoms with Crippen LogP contribution in [-0.4, -0.2) is 45.6 Å². The molecule has 3 N–H and O–H groups in total. The number of nitrogens with two attached hydrogens (primary N) is 1. The van der Waals surface area contributed by atoms with Gasteiger partial charge in [0.1, 0.15) is 19.0 Å². The summed E-state index contributed by atoms with van der Waals surface area (Å²) in [4.78, 5) is 12.2. The Morgan fingerprint density at radius 3 is 2.56 bits per heavy atom. The topological polar surface area (TPSA) is 82.8 Å². The van der Waals surface area contributed by atoms with Crippen LogP contribution >= 0.6 is 11.8 Å². The van der Waals surface area contributed by atoms with Crippen molar-refractivity contribution in [2.24, 2.45) is 5.73 Å². The van der Waals surface area contributed by atoms with Gasteiger partial charge in [-0.1, -0.05) is 12.1 Å². The average molecular weight is 391 g/mol. The smallest absolute Gasteiger partial charge is 0.221 e. The van der Waals surface area contributed by atoms with E-state index in [1.807, 2.05) is 30.5 Å². The molecule has 0 saturated heterocycles. The first-order chi connectivity index (χ1) is 13.1. The first-order valence-corrected chi connectivity index (χ1v) is 9.90. The molecule has 2 rings (SSSR count). The van der Waals surface area contributed by atoms with Gasteiger partial charge in [-0.25, -0.2) is 0 Å². The monoisotopic (exact) mass is 390 g/mol. The molecule has 0 spiro atoms. The molecule has 0 fully saturated rings. The van der Waals surface area contributed by atoms with Gasteiger partial charge in [-0.3, -0.25) is 4.79 Å². The molecule has 0 aromatic heterocycles. The van der Waals surface area contributed by atoms with E-state index in [9.17, 15) is 4.79 Å². The number of rotatable bonds is 12. The number of carbonyl (C=O) groups is 1. The second kappa shape index (κ2) is 11.4. The molecule has 0 heterocycles. The van der Waals surface area contributed by atoms with Crippen molar-refractivity contribution in [2.75, 3.05) is 39.7 Å². The van der Waals surface area contributed by atoms with Gasteiger partial charge in [0.25, 0.3) is 0 Å². The number of hydrogen-bond acceptors (Lipinski definition) is 6. The fraction of sp³-hybridized carbons (Fsp3) is 0.350. The Labute approximate surface area is 164 Å². The van der Waals surface area contributed by atoms with E-state index in [0.717, 1.165) is 17.9 Å². The Morgan fingerprint density at radius 2 is 1.85 bits per heavy atom. The second-order valence-corrected chi connectivity index (χ2v) is 6.63. The molecule has 0 aliphatic carbocycles. The fourth-order valence-electron chi connectivity index (χ4n) is 2.43. The number of ether oxygens (including phenoxy) is 3. The van der Waals surface area contributed by atoms with Crippen molar-refractivity contribution in [3.63, 3.8) is 0 Å². The fourth-order valence-corrected chi connectivity index (χ4v) is 2.88. The molecule has 7 heteroatoms. The van der Waals surface area contributed by atoms with Crippen LogP contribution < -0.4 is 25.3 Å². The van der Waals surface area contributed by atoms with Crippen LogP contribution in [0.25, 0.3) is 0 Å². The number of methoxy groups -OCH3 is 1. The lowest BCUT2D eigenvalue weighted by Gasteiger charge is -2.12. The summed E-state index contributed by atoms with van der Waals surface area (Å²) in [6.07, 6.45) is 2.22. The van der Waals surface area contributed by atoms with Crippen LogP contribution in [0.1, 0.15) is 5.56 Å². The van der Waals surface area contributed by atoms with Gasteiger partial charge in [0.15, 0.2) is 11.5 Å². The van der Waals surface area contributed by atoms with Gasteiger partial charge in [-0.05, 0) is 42.2 Å². The zero-order valence-corrected chi connectivity index (χ0v) is 16.5. The van der Waals surface area contributed by atoms with Gasteiger partial charge in [0, 0.05) is 18.0 Å². The Bertz CT molecular complexity index is 740. The molecule has 2 aromatic carbocycles. The third kappa shape index (κ3) is 7.40. The normalized spacial score (nSPS) is 10.4. The number of amides is 1. The number of benzene rings is 2. The van der Waals surface area contributed by atoms with E-state index in [1.165, 1.54) is 4.90 Å². The van der Waals surface area contributed by atoms with Crippen molar-refractivity contribution in [1.29, 1.82) is 0 Å². The van der Waals surface area contributed by atoms with Gasteiger partial charge in [0.2, 0.25) is 5.91 Å². The maximum Gasteiger partial charge on any atom is 0.221 e. The SMILES string of the molecule is COc1cc(CC(N)=O)ccc1OCCNCCOc1cccc(SC)c1. The number of carbonyl (C=O) groups excluding carboxylic acids is 1. The Kier molecular flexibility index (Phi) is 8.80. The third-order valence-electron chi connectivity index (χ3n) is 3.73. The highest BCUT2D eigenvalue weighted by atomic mass is 32.2. The summed E-state index contributed by atoms with van der Waals surface area (Å²) in [6.45, 7) is 2.48. The van der Waals surface area contributed by atoms with Crippen molar-refractivity contribution >= 4 is 17.7 Å². The van der Waals surface area contributed by atoms with E-state index in [-0.39, 0.29) is 12.3 Å². The minimum absolute atomic E-state index is 0.179. The second-order valence-electron chi connectivity index (χ2n) is 5.75. The predicted octanol–water partition coefficient (Wildman–Crippen LogP) is 2.49. The van der Waals surface area contributed by atoms with E-state index < -0.39 is 0 Å². The number of nitrogens with one attached hydrogen (secondary N) is 1. The molecule has 2 aromatic rings. The summed E-state index contributed by atoms with van der Waals surface area (Å²) in [5, 5.41) is 3.27. The Hall–Kier alpha value is -2.38. The molecule has 0 atom stereocenters. The van der Waals surface area contributed by atoms with Crippen LogP contribution in [0.5, 0.6) is 17.2 Å². The summed E-state index contributed by atoms with van der Waals surface area (Å²) in [7, 11) is 1.57. The Morgan fingerprint density at radius 1 is 1.07 bits per heavy atom. The number of primary amides is 1. The molecule has 1 amide bonds. The van der Waals surface area contributed by atoms with Gasteiger partial charge in [-0.15, -0.1) is 11.8 Å². The Balaban J connectivity index is 1.67. The van der Waals surface area contributed by atoms with Crippen molar-refractivity contribution in [2.45, 2.75) is 11.3 Å². The molecular formula is C20H26N2O4S.